The minimum atomic E-state index is -0.108. The SMILES string of the molecule is OC1C[C@]23CC=CC[C@@]2(C1)O3. The van der Waals surface area contributed by atoms with Gasteiger partial charge in [-0.1, -0.05) is 12.2 Å². The molecule has 0 aromatic heterocycles. The van der Waals surface area contributed by atoms with Crippen molar-refractivity contribution in [3.05, 3.63) is 12.2 Å². The predicted octanol–water partition coefficient (Wildman–Crippen LogP) is 0.999. The lowest BCUT2D eigenvalue weighted by Gasteiger charge is -2.11. The molecule has 3 atom stereocenters. The molecule has 60 valence electrons. The number of rotatable bonds is 0. The fraction of sp³-hybridized carbons (Fsp3) is 0.778. The average molecular weight is 152 g/mol. The Balaban J connectivity index is 1.97. The van der Waals surface area contributed by atoms with E-state index in [1.54, 1.807) is 0 Å². The topological polar surface area (TPSA) is 32.8 Å². The van der Waals surface area contributed by atoms with Crippen molar-refractivity contribution >= 4 is 0 Å². The van der Waals surface area contributed by atoms with Gasteiger partial charge in [0.2, 0.25) is 0 Å². The summed E-state index contributed by atoms with van der Waals surface area (Å²) < 4.78 is 5.74. The van der Waals surface area contributed by atoms with Crippen LogP contribution in [0.1, 0.15) is 25.7 Å². The van der Waals surface area contributed by atoms with Crippen molar-refractivity contribution in [2.24, 2.45) is 0 Å². The van der Waals surface area contributed by atoms with E-state index in [9.17, 15) is 5.11 Å². The van der Waals surface area contributed by atoms with Gasteiger partial charge >= 0.3 is 0 Å². The average Bonchev–Trinajstić information content (AvgIpc) is 2.47. The Morgan fingerprint density at radius 3 is 2.27 bits per heavy atom. The van der Waals surface area contributed by atoms with Crippen LogP contribution in [0, 0.1) is 0 Å². The highest BCUT2D eigenvalue weighted by Gasteiger charge is 2.73. The Morgan fingerprint density at radius 1 is 1.18 bits per heavy atom. The Hall–Kier alpha value is -0.340. The largest absolute Gasteiger partial charge is 0.393 e. The molecule has 0 bridgehead atoms. The fourth-order valence-corrected chi connectivity index (χ4v) is 2.81. The van der Waals surface area contributed by atoms with Gasteiger partial charge in [0.15, 0.2) is 0 Å². The summed E-state index contributed by atoms with van der Waals surface area (Å²) in [6.07, 6.45) is 8.01. The summed E-state index contributed by atoms with van der Waals surface area (Å²) in [5.74, 6) is 0. The van der Waals surface area contributed by atoms with Gasteiger partial charge in [-0.2, -0.15) is 0 Å². The van der Waals surface area contributed by atoms with Crippen molar-refractivity contribution in [1.29, 1.82) is 0 Å². The molecule has 1 saturated carbocycles. The van der Waals surface area contributed by atoms with Crippen LogP contribution in [0.25, 0.3) is 0 Å². The lowest BCUT2D eigenvalue weighted by Crippen LogP contribution is -2.20. The maximum Gasteiger partial charge on any atom is 0.104 e. The van der Waals surface area contributed by atoms with Gasteiger partial charge in [-0.3, -0.25) is 0 Å². The molecule has 2 aliphatic carbocycles. The molecule has 2 nitrogen and oxygen atoms in total. The number of aliphatic hydroxyl groups excluding tert-OH is 1. The molecule has 0 radical (unpaired) electrons. The van der Waals surface area contributed by atoms with Crippen LogP contribution in [0.4, 0.5) is 0 Å². The van der Waals surface area contributed by atoms with Gasteiger partial charge in [-0.15, -0.1) is 0 Å². The van der Waals surface area contributed by atoms with Crippen LogP contribution in [-0.4, -0.2) is 22.4 Å². The summed E-state index contributed by atoms with van der Waals surface area (Å²) >= 11 is 0. The quantitative estimate of drug-likeness (QED) is 0.415. The number of hydrogen-bond donors (Lipinski definition) is 1. The highest BCUT2D eigenvalue weighted by Crippen LogP contribution is 2.65. The molecule has 1 N–H and O–H groups in total. The van der Waals surface area contributed by atoms with Crippen LogP contribution >= 0.6 is 0 Å². The Labute approximate surface area is 65.9 Å². The first kappa shape index (κ1) is 6.21. The first-order valence-corrected chi connectivity index (χ1v) is 4.30. The van der Waals surface area contributed by atoms with E-state index in [1.807, 2.05) is 0 Å². The van der Waals surface area contributed by atoms with Gasteiger partial charge in [0, 0.05) is 12.8 Å². The number of epoxide rings is 1. The summed E-state index contributed by atoms with van der Waals surface area (Å²) in [4.78, 5) is 0. The van der Waals surface area contributed by atoms with Crippen LogP contribution < -0.4 is 0 Å². The number of ether oxygens (including phenoxy) is 1. The van der Waals surface area contributed by atoms with Crippen LogP contribution in [0.5, 0.6) is 0 Å². The van der Waals surface area contributed by atoms with Crippen LogP contribution in [-0.2, 0) is 4.74 Å². The maximum absolute atomic E-state index is 9.44. The Kier molecular flexibility index (Phi) is 0.871. The summed E-state index contributed by atoms with van der Waals surface area (Å²) in [5.41, 5.74) is 0.141. The molecule has 3 rings (SSSR count). The first-order chi connectivity index (χ1) is 5.27. The van der Waals surface area contributed by atoms with E-state index in [1.165, 1.54) is 0 Å². The van der Waals surface area contributed by atoms with Crippen molar-refractivity contribution in [1.82, 2.24) is 0 Å². The van der Waals surface area contributed by atoms with E-state index in [2.05, 4.69) is 12.2 Å². The molecular formula is C9H12O2. The molecule has 1 saturated heterocycles. The van der Waals surface area contributed by atoms with Crippen molar-refractivity contribution < 1.29 is 9.84 Å². The summed E-state index contributed by atoms with van der Waals surface area (Å²) in [5, 5.41) is 9.44. The molecule has 0 aromatic carbocycles. The third-order valence-electron chi connectivity index (χ3n) is 3.37. The molecule has 1 aliphatic heterocycles. The minimum Gasteiger partial charge on any atom is -0.393 e. The van der Waals surface area contributed by atoms with Gasteiger partial charge in [0.05, 0.1) is 6.10 Å². The van der Waals surface area contributed by atoms with Gasteiger partial charge < -0.3 is 9.84 Å². The number of aliphatic hydroxyl groups is 1. The third kappa shape index (κ3) is 0.565. The monoisotopic (exact) mass is 152 g/mol. The highest BCUT2D eigenvalue weighted by molar-refractivity contribution is 5.28. The third-order valence-corrected chi connectivity index (χ3v) is 3.37. The van der Waals surface area contributed by atoms with Gasteiger partial charge in [-0.05, 0) is 12.8 Å². The van der Waals surface area contributed by atoms with Crippen molar-refractivity contribution in [2.75, 3.05) is 0 Å². The van der Waals surface area contributed by atoms with Crippen molar-refractivity contribution in [3.8, 4) is 0 Å². The van der Waals surface area contributed by atoms with E-state index >= 15 is 0 Å². The zero-order valence-corrected chi connectivity index (χ0v) is 6.42. The normalized spacial score (nSPS) is 58.8. The van der Waals surface area contributed by atoms with Crippen molar-refractivity contribution in [3.63, 3.8) is 0 Å². The zero-order chi connectivity index (χ0) is 7.53. The standard InChI is InChI=1S/C9H12O2/c10-7-5-8-3-1-2-4-9(8,6-7)11-8/h1-2,7,10H,3-6H2/t7?,8-,9+. The lowest BCUT2D eigenvalue weighted by molar-refractivity contribution is 0.0905. The summed E-state index contributed by atoms with van der Waals surface area (Å²) in [7, 11) is 0. The zero-order valence-electron chi connectivity index (χ0n) is 6.42. The van der Waals surface area contributed by atoms with Gasteiger partial charge in [-0.25, -0.2) is 0 Å². The van der Waals surface area contributed by atoms with E-state index in [-0.39, 0.29) is 17.3 Å². The lowest BCUT2D eigenvalue weighted by atomic mass is 9.86. The molecule has 3 aliphatic rings. The molecule has 0 aromatic rings. The molecule has 2 fully saturated rings. The van der Waals surface area contributed by atoms with Crippen LogP contribution in [0.2, 0.25) is 0 Å². The number of hydrogen-bond acceptors (Lipinski definition) is 2. The molecule has 0 spiro atoms. The second-order valence-corrected chi connectivity index (χ2v) is 4.03. The summed E-state index contributed by atoms with van der Waals surface area (Å²) in [6.45, 7) is 0. The molecule has 1 heterocycles. The molecule has 1 unspecified atom stereocenters. The van der Waals surface area contributed by atoms with E-state index in [0.717, 1.165) is 25.7 Å². The van der Waals surface area contributed by atoms with Crippen LogP contribution in [0.3, 0.4) is 0 Å². The first-order valence-electron chi connectivity index (χ1n) is 4.30. The second kappa shape index (κ2) is 1.54. The van der Waals surface area contributed by atoms with Crippen molar-refractivity contribution in [2.45, 2.75) is 43.0 Å². The molecule has 11 heavy (non-hydrogen) atoms. The predicted molar refractivity (Wildman–Crippen MR) is 40.2 cm³/mol. The Bertz CT molecular complexity index is 214. The molecule has 2 heteroatoms. The van der Waals surface area contributed by atoms with E-state index in [0.29, 0.717) is 0 Å². The molecular weight excluding hydrogens is 140 g/mol. The second-order valence-electron chi connectivity index (χ2n) is 4.03. The minimum absolute atomic E-state index is 0.0706. The Morgan fingerprint density at radius 2 is 1.73 bits per heavy atom. The highest BCUT2D eigenvalue weighted by atomic mass is 16.6. The molecule has 0 amide bonds. The van der Waals surface area contributed by atoms with Crippen LogP contribution in [0.15, 0.2) is 12.2 Å². The smallest absolute Gasteiger partial charge is 0.104 e. The van der Waals surface area contributed by atoms with E-state index in [4.69, 9.17) is 4.74 Å². The van der Waals surface area contributed by atoms with Gasteiger partial charge in [0.25, 0.3) is 0 Å². The summed E-state index contributed by atoms with van der Waals surface area (Å²) in [6, 6.07) is 0. The maximum atomic E-state index is 9.44. The fourth-order valence-electron chi connectivity index (χ4n) is 2.81. The van der Waals surface area contributed by atoms with E-state index < -0.39 is 0 Å². The van der Waals surface area contributed by atoms with Gasteiger partial charge in [0.1, 0.15) is 11.2 Å².